The Labute approximate surface area is 147 Å². The maximum Gasteiger partial charge on any atom is 0.308 e. The minimum atomic E-state index is -0.514. The highest BCUT2D eigenvalue weighted by molar-refractivity contribution is 9.10. The fourth-order valence-electron chi connectivity index (χ4n) is 1.68. The van der Waals surface area contributed by atoms with E-state index in [0.717, 1.165) is 0 Å². The highest BCUT2D eigenvalue weighted by Gasteiger charge is 2.26. The molecule has 0 spiro atoms. The lowest BCUT2D eigenvalue weighted by atomic mass is 10.1. The van der Waals surface area contributed by atoms with Crippen molar-refractivity contribution in [3.8, 4) is 5.75 Å². The maximum absolute atomic E-state index is 12.7. The molecule has 2 rings (SSSR count). The van der Waals surface area contributed by atoms with Crippen molar-refractivity contribution in [2.45, 2.75) is 6.92 Å². The summed E-state index contributed by atoms with van der Waals surface area (Å²) in [5, 5.41) is 0.374. The maximum atomic E-state index is 12.7. The summed E-state index contributed by atoms with van der Waals surface area (Å²) in [6, 6.07) is 6.41. The van der Waals surface area contributed by atoms with Crippen LogP contribution in [-0.2, 0) is 4.79 Å². The Balaban J connectivity index is 2.56. The van der Waals surface area contributed by atoms with Gasteiger partial charge >= 0.3 is 5.97 Å². The Hall–Kier alpha value is -0.820. The summed E-state index contributed by atoms with van der Waals surface area (Å²) in [4.78, 5) is 23.8. The molecule has 0 aliphatic heterocycles. The number of hydrogen-bond acceptors (Lipinski definition) is 3. The molecule has 0 unspecified atom stereocenters. The van der Waals surface area contributed by atoms with Crippen LogP contribution in [0.25, 0.3) is 0 Å². The number of carbonyl (C=O) groups is 2. The van der Waals surface area contributed by atoms with Crippen LogP contribution in [0.15, 0.2) is 28.7 Å². The van der Waals surface area contributed by atoms with Gasteiger partial charge in [-0.2, -0.15) is 0 Å². The quantitative estimate of drug-likeness (QED) is 0.377. The largest absolute Gasteiger partial charge is 0.426 e. The molecule has 1 aromatic heterocycles. The van der Waals surface area contributed by atoms with Crippen molar-refractivity contribution >= 4 is 67.0 Å². The number of ether oxygens (including phenoxy) is 1. The van der Waals surface area contributed by atoms with Crippen LogP contribution in [0.2, 0.25) is 10.2 Å². The summed E-state index contributed by atoms with van der Waals surface area (Å²) in [7, 11) is 0. The Morgan fingerprint density at radius 1 is 1.24 bits per heavy atom. The van der Waals surface area contributed by atoms with Crippen molar-refractivity contribution in [1.82, 2.24) is 3.59 Å². The Bertz CT molecular complexity index is 718. The lowest BCUT2D eigenvalue weighted by molar-refractivity contribution is -0.131. The van der Waals surface area contributed by atoms with Gasteiger partial charge in [0.15, 0.2) is 0 Å². The van der Waals surface area contributed by atoms with Crippen molar-refractivity contribution in [3.05, 3.63) is 50.2 Å². The van der Waals surface area contributed by atoms with Crippen molar-refractivity contribution in [3.63, 3.8) is 0 Å². The molecule has 0 atom stereocenters. The predicted molar refractivity (Wildman–Crippen MR) is 87.7 cm³/mol. The molecular formula is C13H7Br2Cl2NO3. The molecule has 2 aromatic rings. The first kappa shape index (κ1) is 16.5. The van der Waals surface area contributed by atoms with Gasteiger partial charge in [-0.3, -0.25) is 13.2 Å². The van der Waals surface area contributed by atoms with Gasteiger partial charge in [0, 0.05) is 6.92 Å². The van der Waals surface area contributed by atoms with Crippen molar-refractivity contribution in [2.24, 2.45) is 0 Å². The van der Waals surface area contributed by atoms with E-state index in [-0.39, 0.29) is 27.2 Å². The van der Waals surface area contributed by atoms with Crippen LogP contribution in [-0.4, -0.2) is 15.3 Å². The van der Waals surface area contributed by atoms with Crippen molar-refractivity contribution in [2.75, 3.05) is 0 Å². The number of rotatable bonds is 3. The van der Waals surface area contributed by atoms with Crippen LogP contribution >= 0.6 is 55.3 Å². The van der Waals surface area contributed by atoms with Crippen LogP contribution < -0.4 is 4.74 Å². The zero-order chi connectivity index (χ0) is 15.7. The van der Waals surface area contributed by atoms with E-state index in [4.69, 9.17) is 27.9 Å². The number of ketones is 1. The number of aromatic nitrogens is 1. The zero-order valence-corrected chi connectivity index (χ0v) is 15.2. The monoisotopic (exact) mass is 453 g/mol. The molecule has 21 heavy (non-hydrogen) atoms. The third kappa shape index (κ3) is 3.18. The normalized spacial score (nSPS) is 10.5. The first-order chi connectivity index (χ1) is 9.84. The van der Waals surface area contributed by atoms with E-state index in [0.29, 0.717) is 4.47 Å². The molecule has 0 saturated carbocycles. The van der Waals surface area contributed by atoms with Gasteiger partial charge in [0.2, 0.25) is 5.78 Å². The van der Waals surface area contributed by atoms with E-state index in [1.807, 2.05) is 0 Å². The fourth-order valence-corrected chi connectivity index (χ4v) is 3.55. The highest BCUT2D eigenvalue weighted by atomic mass is 79.9. The number of carbonyl (C=O) groups excluding carboxylic acids is 2. The third-order valence-electron chi connectivity index (χ3n) is 2.55. The predicted octanol–water partition coefficient (Wildman–Crippen LogP) is 4.87. The van der Waals surface area contributed by atoms with Gasteiger partial charge < -0.3 is 4.74 Å². The van der Waals surface area contributed by atoms with E-state index >= 15 is 0 Å². The fraction of sp³-hybridized carbons (Fsp3) is 0.0769. The minimum absolute atomic E-state index is 0.164. The van der Waals surface area contributed by atoms with Gasteiger partial charge in [0.25, 0.3) is 0 Å². The first-order valence-corrected chi connectivity index (χ1v) is 7.84. The molecular weight excluding hydrogens is 449 g/mol. The molecule has 8 heteroatoms. The summed E-state index contributed by atoms with van der Waals surface area (Å²) < 4.78 is 6.68. The molecule has 1 heterocycles. The molecule has 0 bridgehead atoms. The number of benzene rings is 1. The SMILES string of the molecule is CC(=O)Oc1ccccc1C(=O)c1c(Br)c(Cl)c(Cl)n1Br. The molecule has 0 aliphatic rings. The molecule has 0 fully saturated rings. The number of para-hydroxylation sites is 1. The smallest absolute Gasteiger partial charge is 0.308 e. The summed E-state index contributed by atoms with van der Waals surface area (Å²) in [5.74, 6) is -0.744. The zero-order valence-electron chi connectivity index (χ0n) is 10.5. The average Bonchev–Trinajstić information content (AvgIpc) is 2.62. The summed E-state index contributed by atoms with van der Waals surface area (Å²) >= 11 is 18.4. The topological polar surface area (TPSA) is 48.3 Å². The lowest BCUT2D eigenvalue weighted by Crippen LogP contribution is -2.10. The molecule has 0 radical (unpaired) electrons. The second kappa shape index (κ2) is 6.52. The van der Waals surface area contributed by atoms with E-state index in [1.54, 1.807) is 18.2 Å². The molecule has 0 amide bonds. The van der Waals surface area contributed by atoms with Crippen LogP contribution in [0.3, 0.4) is 0 Å². The number of esters is 1. The second-order valence-electron chi connectivity index (χ2n) is 3.97. The highest BCUT2D eigenvalue weighted by Crippen LogP contribution is 2.39. The molecule has 110 valence electrons. The van der Waals surface area contributed by atoms with Crippen LogP contribution in [0.4, 0.5) is 0 Å². The van der Waals surface area contributed by atoms with Crippen molar-refractivity contribution < 1.29 is 14.3 Å². The van der Waals surface area contributed by atoms with E-state index < -0.39 is 11.8 Å². The average molecular weight is 456 g/mol. The van der Waals surface area contributed by atoms with Crippen LogP contribution in [0.5, 0.6) is 5.75 Å². The molecule has 0 aliphatic carbocycles. The molecule has 0 saturated heterocycles. The Kier molecular flexibility index (Phi) is 5.14. The molecule has 0 N–H and O–H groups in total. The number of hydrogen-bond donors (Lipinski definition) is 0. The Morgan fingerprint density at radius 3 is 2.38 bits per heavy atom. The molecule has 1 aromatic carbocycles. The van der Waals surface area contributed by atoms with E-state index in [1.165, 1.54) is 16.6 Å². The summed E-state index contributed by atoms with van der Waals surface area (Å²) in [5.41, 5.74) is 0.421. The van der Waals surface area contributed by atoms with Gasteiger partial charge in [-0.25, -0.2) is 0 Å². The van der Waals surface area contributed by atoms with Crippen molar-refractivity contribution in [1.29, 1.82) is 0 Å². The van der Waals surface area contributed by atoms with E-state index in [9.17, 15) is 9.59 Å². The lowest BCUT2D eigenvalue weighted by Gasteiger charge is -2.08. The second-order valence-corrected chi connectivity index (χ2v) is 6.21. The molecule has 4 nitrogen and oxygen atoms in total. The number of halogens is 4. The summed E-state index contributed by atoms with van der Waals surface area (Å²) in [6.07, 6.45) is 0. The standard InChI is InChI=1S/C13H7Br2Cl2NO3/c1-6(19)21-8-5-3-2-4-7(8)12(20)11-9(14)10(16)13(17)18(11)15/h2-5H,1H3. The minimum Gasteiger partial charge on any atom is -0.426 e. The number of nitrogens with zero attached hydrogens (tertiary/aromatic N) is 1. The third-order valence-corrected chi connectivity index (χ3v) is 5.29. The summed E-state index contributed by atoms with van der Waals surface area (Å²) in [6.45, 7) is 1.26. The Morgan fingerprint density at radius 2 is 1.86 bits per heavy atom. The van der Waals surface area contributed by atoms with Gasteiger partial charge in [-0.1, -0.05) is 35.3 Å². The van der Waals surface area contributed by atoms with Crippen LogP contribution in [0, 0.1) is 0 Å². The van der Waals surface area contributed by atoms with Gasteiger partial charge in [0.1, 0.15) is 16.6 Å². The first-order valence-electron chi connectivity index (χ1n) is 5.58. The van der Waals surface area contributed by atoms with E-state index in [2.05, 4.69) is 32.1 Å². The van der Waals surface area contributed by atoms with Gasteiger partial charge in [0.05, 0.1) is 31.2 Å². The van der Waals surface area contributed by atoms with Crippen LogP contribution in [0.1, 0.15) is 23.0 Å². The van der Waals surface area contributed by atoms with Gasteiger partial charge in [-0.05, 0) is 28.1 Å². The van der Waals surface area contributed by atoms with Gasteiger partial charge in [-0.15, -0.1) is 0 Å².